The van der Waals surface area contributed by atoms with Crippen LogP contribution in [-0.4, -0.2) is 25.5 Å². The molecule has 0 aliphatic rings. The maximum Gasteiger partial charge on any atom is 0.196 e. The van der Waals surface area contributed by atoms with Crippen LogP contribution in [0.3, 0.4) is 0 Å². The average Bonchev–Trinajstić information content (AvgIpc) is 3.17. The van der Waals surface area contributed by atoms with E-state index < -0.39 is 0 Å². The summed E-state index contributed by atoms with van der Waals surface area (Å²) in [5, 5.41) is 9.71. The van der Waals surface area contributed by atoms with Crippen LogP contribution in [0.1, 0.15) is 5.56 Å². The van der Waals surface area contributed by atoms with Gasteiger partial charge < -0.3 is 0 Å². The first-order valence-electron chi connectivity index (χ1n) is 8.67. The van der Waals surface area contributed by atoms with Crippen LogP contribution in [0.4, 0.5) is 0 Å². The van der Waals surface area contributed by atoms with E-state index in [1.165, 1.54) is 5.56 Å². The lowest BCUT2D eigenvalue weighted by molar-refractivity contribution is 0.887. The van der Waals surface area contributed by atoms with Crippen molar-refractivity contribution in [3.05, 3.63) is 96.8 Å². The Morgan fingerprint density at radius 1 is 0.852 bits per heavy atom. The fraction of sp³-hybridized carbons (Fsp3) is 0.0455. The molecular weight excluding hydrogens is 352 g/mol. The Balaban J connectivity index is 1.61. The lowest BCUT2D eigenvalue weighted by atomic mass is 10.2. The molecule has 0 bridgehead atoms. The highest BCUT2D eigenvalue weighted by molar-refractivity contribution is 7.99. The molecule has 0 radical (unpaired) electrons. The first-order chi connectivity index (χ1) is 13.4. The smallest absolute Gasteiger partial charge is 0.196 e. The van der Waals surface area contributed by atoms with Gasteiger partial charge in [-0.2, -0.15) is 0 Å². The SMILES string of the molecule is C(=C\c1ccccc1)/CSc1nnc(-c2cccnc2)n1-c1ccccc1. The Hall–Kier alpha value is -3.18. The molecule has 0 aliphatic heterocycles. The predicted molar refractivity (Wildman–Crippen MR) is 111 cm³/mol. The van der Waals surface area contributed by atoms with E-state index in [9.17, 15) is 0 Å². The lowest BCUT2D eigenvalue weighted by Crippen LogP contribution is -1.99. The van der Waals surface area contributed by atoms with Gasteiger partial charge in [0.1, 0.15) is 0 Å². The van der Waals surface area contributed by atoms with E-state index in [4.69, 9.17) is 0 Å². The molecule has 5 heteroatoms. The van der Waals surface area contributed by atoms with E-state index in [1.807, 2.05) is 54.7 Å². The molecule has 0 aliphatic carbocycles. The molecule has 0 atom stereocenters. The summed E-state index contributed by atoms with van der Waals surface area (Å²) in [6, 6.07) is 24.4. The average molecular weight is 370 g/mol. The van der Waals surface area contributed by atoms with Crippen LogP contribution in [0.5, 0.6) is 0 Å². The topological polar surface area (TPSA) is 43.6 Å². The Morgan fingerprint density at radius 3 is 2.37 bits per heavy atom. The molecule has 0 amide bonds. The molecule has 2 heterocycles. The molecule has 4 rings (SSSR count). The van der Waals surface area contributed by atoms with Crippen LogP contribution in [-0.2, 0) is 0 Å². The summed E-state index contributed by atoms with van der Waals surface area (Å²) < 4.78 is 2.08. The number of benzene rings is 2. The van der Waals surface area contributed by atoms with Gasteiger partial charge in [0.25, 0.3) is 0 Å². The molecule has 4 nitrogen and oxygen atoms in total. The summed E-state index contributed by atoms with van der Waals surface area (Å²) >= 11 is 1.66. The minimum atomic E-state index is 0.795. The van der Waals surface area contributed by atoms with Crippen molar-refractivity contribution in [2.24, 2.45) is 0 Å². The van der Waals surface area contributed by atoms with Gasteiger partial charge in [0.15, 0.2) is 11.0 Å². The van der Waals surface area contributed by atoms with Gasteiger partial charge in [-0.3, -0.25) is 9.55 Å². The third kappa shape index (κ3) is 4.15. The second kappa shape index (κ2) is 8.47. The molecule has 27 heavy (non-hydrogen) atoms. The van der Waals surface area contributed by atoms with Crippen LogP contribution >= 0.6 is 11.8 Å². The minimum absolute atomic E-state index is 0.795. The van der Waals surface area contributed by atoms with Crippen LogP contribution in [0.2, 0.25) is 0 Å². The number of rotatable bonds is 6. The zero-order valence-corrected chi connectivity index (χ0v) is 15.5. The van der Waals surface area contributed by atoms with Gasteiger partial charge >= 0.3 is 0 Å². The van der Waals surface area contributed by atoms with Gasteiger partial charge in [-0.25, -0.2) is 0 Å². The highest BCUT2D eigenvalue weighted by Gasteiger charge is 2.15. The number of nitrogens with zero attached hydrogens (tertiary/aromatic N) is 4. The van der Waals surface area contributed by atoms with Crippen molar-refractivity contribution < 1.29 is 0 Å². The van der Waals surface area contributed by atoms with Crippen molar-refractivity contribution in [1.82, 2.24) is 19.7 Å². The number of para-hydroxylation sites is 1. The van der Waals surface area contributed by atoms with Crippen LogP contribution in [0.25, 0.3) is 23.2 Å². The number of pyridine rings is 1. The first-order valence-corrected chi connectivity index (χ1v) is 9.66. The summed E-state index contributed by atoms with van der Waals surface area (Å²) in [4.78, 5) is 4.22. The Labute approximate surface area is 162 Å². The van der Waals surface area contributed by atoms with Gasteiger partial charge in [0.05, 0.1) is 0 Å². The summed E-state index contributed by atoms with van der Waals surface area (Å²) in [7, 11) is 0. The zero-order chi connectivity index (χ0) is 18.3. The van der Waals surface area contributed by atoms with Crippen molar-refractivity contribution in [3.63, 3.8) is 0 Å². The minimum Gasteiger partial charge on any atom is -0.270 e. The molecule has 0 saturated heterocycles. The van der Waals surface area contributed by atoms with Crippen LogP contribution < -0.4 is 0 Å². The largest absolute Gasteiger partial charge is 0.270 e. The van der Waals surface area contributed by atoms with Gasteiger partial charge in [-0.1, -0.05) is 72.4 Å². The second-order valence-corrected chi connectivity index (χ2v) is 6.83. The molecule has 0 spiro atoms. The molecule has 0 saturated carbocycles. The number of hydrogen-bond acceptors (Lipinski definition) is 4. The molecular formula is C22H18N4S. The van der Waals surface area contributed by atoms with E-state index in [-0.39, 0.29) is 0 Å². The highest BCUT2D eigenvalue weighted by Crippen LogP contribution is 2.27. The van der Waals surface area contributed by atoms with Crippen LogP contribution in [0.15, 0.2) is 96.4 Å². The monoisotopic (exact) mass is 370 g/mol. The summed E-state index contributed by atoms with van der Waals surface area (Å²) in [5.74, 6) is 1.61. The third-order valence-corrected chi connectivity index (χ3v) is 4.87. The van der Waals surface area contributed by atoms with Gasteiger partial charge in [0, 0.05) is 29.4 Å². The van der Waals surface area contributed by atoms with Crippen molar-refractivity contribution in [1.29, 1.82) is 0 Å². The van der Waals surface area contributed by atoms with Gasteiger partial charge in [-0.15, -0.1) is 10.2 Å². The maximum absolute atomic E-state index is 4.43. The molecule has 4 aromatic rings. The van der Waals surface area contributed by atoms with Crippen molar-refractivity contribution in [3.8, 4) is 17.1 Å². The van der Waals surface area contributed by atoms with E-state index in [0.717, 1.165) is 28.0 Å². The van der Waals surface area contributed by atoms with E-state index in [2.05, 4.69) is 56.2 Å². The molecule has 132 valence electrons. The van der Waals surface area contributed by atoms with Crippen molar-refractivity contribution >= 4 is 17.8 Å². The van der Waals surface area contributed by atoms with E-state index in [0.29, 0.717) is 0 Å². The standard InChI is InChI=1S/C22H18N4S/c1-3-9-18(10-4-1)11-8-16-27-22-25-24-21(19-12-7-15-23-17-19)26(22)20-13-5-2-6-14-20/h1-15,17H,16H2/b11-8+. The number of thioether (sulfide) groups is 1. The quantitative estimate of drug-likeness (QED) is 0.441. The molecule has 2 aromatic carbocycles. The molecule has 0 fully saturated rings. The van der Waals surface area contributed by atoms with Crippen LogP contribution in [0, 0.1) is 0 Å². The third-order valence-electron chi connectivity index (χ3n) is 3.99. The first kappa shape index (κ1) is 17.2. The normalized spacial score (nSPS) is 11.1. The van der Waals surface area contributed by atoms with E-state index >= 15 is 0 Å². The summed E-state index contributed by atoms with van der Waals surface area (Å²) in [6.07, 6.45) is 7.84. The second-order valence-electron chi connectivity index (χ2n) is 5.84. The van der Waals surface area contributed by atoms with Crippen molar-refractivity contribution in [2.45, 2.75) is 5.16 Å². The number of aromatic nitrogens is 4. The Morgan fingerprint density at radius 2 is 1.63 bits per heavy atom. The maximum atomic E-state index is 4.43. The fourth-order valence-electron chi connectivity index (χ4n) is 2.73. The molecule has 2 aromatic heterocycles. The summed E-state index contributed by atoms with van der Waals surface area (Å²) in [5.41, 5.74) is 3.18. The highest BCUT2D eigenvalue weighted by atomic mass is 32.2. The molecule has 0 unspecified atom stereocenters. The number of hydrogen-bond donors (Lipinski definition) is 0. The van der Waals surface area contributed by atoms with Crippen molar-refractivity contribution in [2.75, 3.05) is 5.75 Å². The fourth-order valence-corrected chi connectivity index (χ4v) is 3.49. The van der Waals surface area contributed by atoms with Gasteiger partial charge in [0.2, 0.25) is 0 Å². The van der Waals surface area contributed by atoms with E-state index in [1.54, 1.807) is 18.0 Å². The Kier molecular flexibility index (Phi) is 5.41. The zero-order valence-electron chi connectivity index (χ0n) is 14.6. The Bertz CT molecular complexity index is 1010. The lowest BCUT2D eigenvalue weighted by Gasteiger charge is -2.09. The summed E-state index contributed by atoms with van der Waals surface area (Å²) in [6.45, 7) is 0. The van der Waals surface area contributed by atoms with Gasteiger partial charge in [-0.05, 0) is 29.8 Å². The predicted octanol–water partition coefficient (Wildman–Crippen LogP) is 5.13. The molecule has 0 N–H and O–H groups in total.